The normalized spacial score (nSPS) is 13.1. The molecule has 0 spiro atoms. The Morgan fingerprint density at radius 2 is 2.18 bits per heavy atom. The lowest BCUT2D eigenvalue weighted by Gasteiger charge is -2.15. The van der Waals surface area contributed by atoms with Crippen molar-refractivity contribution in [1.82, 2.24) is 0 Å². The van der Waals surface area contributed by atoms with Gasteiger partial charge in [0, 0.05) is 12.8 Å². The van der Waals surface area contributed by atoms with Crippen molar-refractivity contribution in [2.75, 3.05) is 20.8 Å². The van der Waals surface area contributed by atoms with Gasteiger partial charge in [-0.15, -0.1) is 0 Å². The molecule has 6 heteroatoms. The Kier molecular flexibility index (Phi) is 2.95. The number of nitro groups is 1. The van der Waals surface area contributed by atoms with Gasteiger partial charge in [-0.05, 0) is 18.1 Å². The van der Waals surface area contributed by atoms with Crippen molar-refractivity contribution in [3.8, 4) is 11.5 Å². The summed E-state index contributed by atoms with van der Waals surface area (Å²) in [5.41, 5.74) is 1.30. The number of benzene rings is 1. The number of methoxy groups -OCH3 is 2. The van der Waals surface area contributed by atoms with E-state index in [1.165, 1.54) is 20.4 Å². The summed E-state index contributed by atoms with van der Waals surface area (Å²) in [4.78, 5) is 14.7. The Labute approximate surface area is 98.0 Å². The lowest BCUT2D eigenvalue weighted by molar-refractivity contribution is -0.386. The number of nitrogens with zero attached hydrogens (tertiary/aromatic N) is 2. The quantitative estimate of drug-likeness (QED) is 0.590. The van der Waals surface area contributed by atoms with Crippen molar-refractivity contribution in [1.29, 1.82) is 0 Å². The van der Waals surface area contributed by atoms with Gasteiger partial charge < -0.3 is 9.47 Å². The molecule has 17 heavy (non-hydrogen) atoms. The maximum atomic E-state index is 11.1. The maximum Gasteiger partial charge on any atom is 0.323 e. The highest BCUT2D eigenvalue weighted by Crippen LogP contribution is 2.41. The molecule has 1 aromatic rings. The third kappa shape index (κ3) is 1.82. The molecule has 2 rings (SSSR count). The van der Waals surface area contributed by atoms with Crippen LogP contribution in [-0.2, 0) is 6.42 Å². The zero-order valence-corrected chi connectivity index (χ0v) is 9.60. The fourth-order valence-corrected chi connectivity index (χ4v) is 1.91. The molecule has 6 nitrogen and oxygen atoms in total. The largest absolute Gasteiger partial charge is 0.493 e. The fraction of sp³-hybridized carbons (Fsp3) is 0.364. The summed E-state index contributed by atoms with van der Waals surface area (Å²) in [6.45, 7) is 0.639. The SMILES string of the molecule is COc1cc2c(c([N+](=O)[O-])c1OC)C=NCC2. The highest BCUT2D eigenvalue weighted by Gasteiger charge is 2.28. The Hall–Kier alpha value is -2.11. The first-order valence-corrected chi connectivity index (χ1v) is 5.11. The van der Waals surface area contributed by atoms with E-state index in [1.54, 1.807) is 6.07 Å². The second kappa shape index (κ2) is 4.40. The number of fused-ring (bicyclic) bond motifs is 1. The van der Waals surface area contributed by atoms with Crippen molar-refractivity contribution in [2.24, 2.45) is 4.99 Å². The van der Waals surface area contributed by atoms with Gasteiger partial charge in [-0.1, -0.05) is 0 Å². The molecule has 0 aromatic heterocycles. The number of nitro benzene ring substituents is 1. The molecular formula is C11H12N2O4. The zero-order chi connectivity index (χ0) is 12.4. The van der Waals surface area contributed by atoms with Crippen LogP contribution in [-0.4, -0.2) is 31.9 Å². The predicted molar refractivity (Wildman–Crippen MR) is 62.4 cm³/mol. The van der Waals surface area contributed by atoms with E-state index in [4.69, 9.17) is 9.47 Å². The van der Waals surface area contributed by atoms with E-state index >= 15 is 0 Å². The van der Waals surface area contributed by atoms with Crippen molar-refractivity contribution in [3.05, 3.63) is 27.3 Å². The van der Waals surface area contributed by atoms with Crippen molar-refractivity contribution in [3.63, 3.8) is 0 Å². The van der Waals surface area contributed by atoms with E-state index in [0.717, 1.165) is 5.56 Å². The van der Waals surface area contributed by atoms with Crippen LogP contribution in [0.15, 0.2) is 11.1 Å². The molecule has 0 fully saturated rings. The summed E-state index contributed by atoms with van der Waals surface area (Å²) in [6.07, 6.45) is 2.20. The van der Waals surface area contributed by atoms with Crippen LogP contribution in [0.1, 0.15) is 11.1 Å². The number of aliphatic imine (C=N–C) groups is 1. The molecule has 1 heterocycles. The third-order valence-electron chi connectivity index (χ3n) is 2.68. The minimum Gasteiger partial charge on any atom is -0.493 e. The van der Waals surface area contributed by atoms with Crippen molar-refractivity contribution in [2.45, 2.75) is 6.42 Å². The molecule has 1 aliphatic rings. The zero-order valence-electron chi connectivity index (χ0n) is 9.60. The Morgan fingerprint density at radius 3 is 2.76 bits per heavy atom. The summed E-state index contributed by atoms with van der Waals surface area (Å²) in [5, 5.41) is 11.1. The molecule has 0 radical (unpaired) electrons. The smallest absolute Gasteiger partial charge is 0.323 e. The van der Waals surface area contributed by atoms with E-state index in [0.29, 0.717) is 24.3 Å². The van der Waals surface area contributed by atoms with Gasteiger partial charge in [-0.3, -0.25) is 15.1 Å². The average Bonchev–Trinajstić information content (AvgIpc) is 2.35. The summed E-state index contributed by atoms with van der Waals surface area (Å²) in [6, 6.07) is 1.77. The molecule has 0 aliphatic carbocycles. The van der Waals surface area contributed by atoms with Gasteiger partial charge in [0.1, 0.15) is 0 Å². The lowest BCUT2D eigenvalue weighted by atomic mass is 10.00. The molecule has 0 atom stereocenters. The number of hydrogen-bond acceptors (Lipinski definition) is 5. The molecule has 0 saturated heterocycles. The first-order valence-electron chi connectivity index (χ1n) is 5.11. The lowest BCUT2D eigenvalue weighted by Crippen LogP contribution is -2.09. The molecule has 0 saturated carbocycles. The highest BCUT2D eigenvalue weighted by molar-refractivity contribution is 5.91. The van der Waals surface area contributed by atoms with Crippen LogP contribution in [0.25, 0.3) is 0 Å². The molecule has 0 unspecified atom stereocenters. The van der Waals surface area contributed by atoms with Crippen LogP contribution >= 0.6 is 0 Å². The topological polar surface area (TPSA) is 74.0 Å². The number of ether oxygens (including phenoxy) is 2. The van der Waals surface area contributed by atoms with E-state index in [-0.39, 0.29) is 11.4 Å². The maximum absolute atomic E-state index is 11.1. The average molecular weight is 236 g/mol. The minimum absolute atomic E-state index is 0.0784. The van der Waals surface area contributed by atoms with Gasteiger partial charge in [0.15, 0.2) is 5.75 Å². The van der Waals surface area contributed by atoms with Crippen LogP contribution in [0.3, 0.4) is 0 Å². The molecule has 90 valence electrons. The van der Waals surface area contributed by atoms with Gasteiger partial charge in [-0.2, -0.15) is 0 Å². The van der Waals surface area contributed by atoms with E-state index in [9.17, 15) is 10.1 Å². The summed E-state index contributed by atoms with van der Waals surface area (Å²) >= 11 is 0. The molecule has 1 aromatic carbocycles. The molecule has 0 bridgehead atoms. The predicted octanol–water partition coefficient (Wildman–Crippen LogP) is 1.59. The van der Waals surface area contributed by atoms with Gasteiger partial charge in [0.25, 0.3) is 0 Å². The minimum atomic E-state index is -0.461. The summed E-state index contributed by atoms with van der Waals surface area (Å²) in [5.74, 6) is 0.526. The molecular weight excluding hydrogens is 224 g/mol. The Morgan fingerprint density at radius 1 is 1.41 bits per heavy atom. The van der Waals surface area contributed by atoms with Gasteiger partial charge in [-0.25, -0.2) is 0 Å². The second-order valence-electron chi connectivity index (χ2n) is 3.58. The standard InChI is InChI=1S/C11H12N2O4/c1-16-9-5-7-3-4-12-6-8(7)10(13(14)15)11(9)17-2/h5-6H,3-4H2,1-2H3. The molecule has 1 aliphatic heterocycles. The van der Waals surface area contributed by atoms with Crippen LogP contribution in [0, 0.1) is 10.1 Å². The molecule has 0 amide bonds. The van der Waals surface area contributed by atoms with Gasteiger partial charge >= 0.3 is 5.69 Å². The van der Waals surface area contributed by atoms with E-state index < -0.39 is 4.92 Å². The van der Waals surface area contributed by atoms with Gasteiger partial charge in [0.05, 0.1) is 24.7 Å². The summed E-state index contributed by atoms with van der Waals surface area (Å²) < 4.78 is 10.2. The number of hydrogen-bond donors (Lipinski definition) is 0. The van der Waals surface area contributed by atoms with Crippen LogP contribution in [0.4, 0.5) is 5.69 Å². The Bertz CT molecular complexity index is 497. The van der Waals surface area contributed by atoms with Crippen molar-refractivity contribution < 1.29 is 14.4 Å². The van der Waals surface area contributed by atoms with Crippen LogP contribution in [0.2, 0.25) is 0 Å². The van der Waals surface area contributed by atoms with E-state index in [1.807, 2.05) is 0 Å². The summed E-state index contributed by atoms with van der Waals surface area (Å²) in [7, 11) is 2.85. The van der Waals surface area contributed by atoms with Crippen LogP contribution < -0.4 is 9.47 Å². The highest BCUT2D eigenvalue weighted by atomic mass is 16.6. The molecule has 0 N–H and O–H groups in total. The second-order valence-corrected chi connectivity index (χ2v) is 3.58. The fourth-order valence-electron chi connectivity index (χ4n) is 1.91. The Balaban J connectivity index is 2.75. The van der Waals surface area contributed by atoms with Crippen molar-refractivity contribution >= 4 is 11.9 Å². The van der Waals surface area contributed by atoms with Crippen LogP contribution in [0.5, 0.6) is 11.5 Å². The monoisotopic (exact) mass is 236 g/mol. The first kappa shape index (κ1) is 11.4. The van der Waals surface area contributed by atoms with E-state index in [2.05, 4.69) is 4.99 Å². The number of rotatable bonds is 3. The van der Waals surface area contributed by atoms with Gasteiger partial charge in [0.2, 0.25) is 5.75 Å². The first-order chi connectivity index (χ1) is 8.19. The third-order valence-corrected chi connectivity index (χ3v) is 2.68.